The summed E-state index contributed by atoms with van der Waals surface area (Å²) in [4.78, 5) is 33.2. The molecule has 2 atom stereocenters. The minimum Gasteiger partial charge on any atom is -0.452 e. The Hall–Kier alpha value is -2.49. The molecule has 0 fully saturated rings. The molecular formula is C14H18N2O7S. The number of hydrogen-bond acceptors (Lipinski definition) is 7. The molecule has 132 valence electrons. The van der Waals surface area contributed by atoms with E-state index in [1.165, 1.54) is 6.92 Å². The largest absolute Gasteiger partial charge is 0.452 e. The van der Waals surface area contributed by atoms with E-state index in [2.05, 4.69) is 5.32 Å². The predicted molar refractivity (Wildman–Crippen MR) is 84.0 cm³/mol. The van der Waals surface area contributed by atoms with Crippen molar-refractivity contribution in [3.8, 4) is 0 Å². The Morgan fingerprint density at radius 1 is 1.25 bits per heavy atom. The monoisotopic (exact) mass is 358 g/mol. The molecule has 0 unspecified atom stereocenters. The van der Waals surface area contributed by atoms with Crippen LogP contribution in [0.2, 0.25) is 0 Å². The van der Waals surface area contributed by atoms with Gasteiger partial charge in [-0.15, -0.1) is 0 Å². The Bertz CT molecular complexity index is 728. The van der Waals surface area contributed by atoms with Gasteiger partial charge in [-0.05, 0) is 32.9 Å². The topological polar surface area (TPSA) is 133 Å². The molecular weight excluding hydrogens is 340 g/mol. The van der Waals surface area contributed by atoms with E-state index >= 15 is 0 Å². The van der Waals surface area contributed by atoms with Gasteiger partial charge < -0.3 is 10.1 Å². The summed E-state index contributed by atoms with van der Waals surface area (Å²) >= 11 is 0. The molecule has 0 aliphatic heterocycles. The quantitative estimate of drug-likeness (QED) is 0.433. The van der Waals surface area contributed by atoms with Crippen LogP contribution in [0.25, 0.3) is 0 Å². The molecule has 0 saturated carbocycles. The van der Waals surface area contributed by atoms with Crippen LogP contribution >= 0.6 is 0 Å². The molecule has 0 saturated heterocycles. The fourth-order valence-electron chi connectivity index (χ4n) is 1.73. The fourth-order valence-corrected chi connectivity index (χ4v) is 2.96. The lowest BCUT2D eigenvalue weighted by atomic mass is 10.3. The number of nitro benzene ring substituents is 1. The van der Waals surface area contributed by atoms with Crippen LogP contribution < -0.4 is 5.32 Å². The third kappa shape index (κ3) is 4.51. The van der Waals surface area contributed by atoms with Crippen LogP contribution in [0.1, 0.15) is 20.8 Å². The van der Waals surface area contributed by atoms with Gasteiger partial charge in [0.1, 0.15) is 0 Å². The van der Waals surface area contributed by atoms with Gasteiger partial charge >= 0.3 is 5.97 Å². The van der Waals surface area contributed by atoms with Crippen molar-refractivity contribution >= 4 is 27.4 Å². The predicted octanol–water partition coefficient (Wildman–Crippen LogP) is 0.825. The summed E-state index contributed by atoms with van der Waals surface area (Å²) in [5.41, 5.74) is -0.269. The minimum atomic E-state index is -4.09. The maximum atomic E-state index is 12.4. The van der Waals surface area contributed by atoms with Gasteiger partial charge in [0.05, 0.1) is 9.82 Å². The highest BCUT2D eigenvalue weighted by molar-refractivity contribution is 7.92. The number of non-ortho nitro benzene ring substituents is 1. The third-order valence-corrected chi connectivity index (χ3v) is 5.24. The van der Waals surface area contributed by atoms with Crippen LogP contribution in [0, 0.1) is 10.1 Å². The normalized spacial score (nSPS) is 13.6. The molecule has 24 heavy (non-hydrogen) atoms. The van der Waals surface area contributed by atoms with E-state index in [-0.39, 0.29) is 10.6 Å². The second-order valence-electron chi connectivity index (χ2n) is 4.91. The Labute approximate surface area is 139 Å². The molecule has 0 aliphatic rings. The molecule has 1 aromatic rings. The summed E-state index contributed by atoms with van der Waals surface area (Å²) in [6, 6.07) is 4.15. The number of ether oxygens (including phenoxy) is 1. The number of hydrogen-bond donors (Lipinski definition) is 1. The van der Waals surface area contributed by atoms with E-state index in [1.807, 2.05) is 0 Å². The van der Waals surface area contributed by atoms with Gasteiger partial charge in [-0.3, -0.25) is 19.7 Å². The first kappa shape index (κ1) is 19.6. The first-order chi connectivity index (χ1) is 11.1. The van der Waals surface area contributed by atoms with Crippen molar-refractivity contribution < 1.29 is 27.7 Å². The third-order valence-electron chi connectivity index (χ3n) is 3.19. The first-order valence-corrected chi connectivity index (χ1v) is 8.62. The average Bonchev–Trinajstić information content (AvgIpc) is 2.54. The van der Waals surface area contributed by atoms with Gasteiger partial charge in [0.15, 0.2) is 21.2 Å². The molecule has 0 radical (unpaired) electrons. The number of carbonyl (C=O) groups excluding carboxylic acids is 2. The lowest BCUT2D eigenvalue weighted by Crippen LogP contribution is -2.39. The zero-order valence-corrected chi connectivity index (χ0v) is 14.2. The molecule has 0 heterocycles. The SMILES string of the molecule is CCNC(=O)[C@@H](C)OC(=O)[C@@H](C)S(=O)(=O)c1ccc([N+](=O)[O-])cc1. The van der Waals surface area contributed by atoms with Crippen LogP contribution in [0.15, 0.2) is 29.2 Å². The number of nitrogens with zero attached hydrogens (tertiary/aromatic N) is 1. The number of carbonyl (C=O) groups is 2. The van der Waals surface area contributed by atoms with Gasteiger partial charge in [-0.1, -0.05) is 0 Å². The fraction of sp³-hybridized carbons (Fsp3) is 0.429. The lowest BCUT2D eigenvalue weighted by molar-refractivity contribution is -0.384. The van der Waals surface area contributed by atoms with E-state index in [9.17, 15) is 28.1 Å². The molecule has 1 amide bonds. The second-order valence-corrected chi connectivity index (χ2v) is 7.18. The van der Waals surface area contributed by atoms with Crippen molar-refractivity contribution in [2.24, 2.45) is 0 Å². The molecule has 0 aromatic heterocycles. The second kappa shape index (κ2) is 7.86. The summed E-state index contributed by atoms with van der Waals surface area (Å²) in [6.45, 7) is 4.49. The molecule has 10 heteroatoms. The van der Waals surface area contributed by atoms with E-state index < -0.39 is 38.0 Å². The summed E-state index contributed by atoms with van der Waals surface area (Å²) in [7, 11) is -4.09. The zero-order valence-electron chi connectivity index (χ0n) is 13.4. The van der Waals surface area contributed by atoms with E-state index in [0.29, 0.717) is 6.54 Å². The van der Waals surface area contributed by atoms with E-state index in [1.54, 1.807) is 6.92 Å². The van der Waals surface area contributed by atoms with Gasteiger partial charge in [0, 0.05) is 18.7 Å². The van der Waals surface area contributed by atoms with Gasteiger partial charge in [0.2, 0.25) is 0 Å². The van der Waals surface area contributed by atoms with Crippen LogP contribution in [0.3, 0.4) is 0 Å². The molecule has 9 nitrogen and oxygen atoms in total. The Balaban J connectivity index is 2.91. The van der Waals surface area contributed by atoms with Gasteiger partial charge in [-0.2, -0.15) is 0 Å². The number of nitrogens with one attached hydrogen (secondary N) is 1. The van der Waals surface area contributed by atoms with Crippen molar-refractivity contribution in [1.82, 2.24) is 5.32 Å². The van der Waals surface area contributed by atoms with Crippen molar-refractivity contribution in [3.05, 3.63) is 34.4 Å². The minimum absolute atomic E-state index is 0.247. The summed E-state index contributed by atoms with van der Waals surface area (Å²) in [5, 5.41) is 11.5. The molecule has 1 N–H and O–H groups in total. The average molecular weight is 358 g/mol. The molecule has 1 aromatic carbocycles. The Kier molecular flexibility index (Phi) is 6.41. The Morgan fingerprint density at radius 2 is 1.79 bits per heavy atom. The van der Waals surface area contributed by atoms with Crippen LogP contribution in [-0.2, 0) is 24.2 Å². The maximum Gasteiger partial charge on any atom is 0.325 e. The standard InChI is InChI=1S/C14H18N2O7S/c1-4-15-13(17)9(2)23-14(18)10(3)24(21,22)12-7-5-11(6-8-12)16(19)20/h5-10H,4H2,1-3H3,(H,15,17)/t9-,10-/m1/s1. The summed E-state index contributed by atoms with van der Waals surface area (Å²) in [5.74, 6) is -1.61. The molecule has 0 bridgehead atoms. The number of nitro groups is 1. The van der Waals surface area contributed by atoms with Crippen molar-refractivity contribution in [1.29, 1.82) is 0 Å². The number of rotatable bonds is 7. The highest BCUT2D eigenvalue weighted by atomic mass is 32.2. The number of sulfone groups is 1. The van der Waals surface area contributed by atoms with Crippen molar-refractivity contribution in [3.63, 3.8) is 0 Å². The smallest absolute Gasteiger partial charge is 0.325 e. The van der Waals surface area contributed by atoms with E-state index in [0.717, 1.165) is 31.2 Å². The summed E-state index contributed by atoms with van der Waals surface area (Å²) in [6.07, 6.45) is -1.13. The lowest BCUT2D eigenvalue weighted by Gasteiger charge is -2.16. The zero-order chi connectivity index (χ0) is 18.5. The van der Waals surface area contributed by atoms with Crippen molar-refractivity contribution in [2.75, 3.05) is 6.54 Å². The number of likely N-dealkylation sites (N-methyl/N-ethyl adjacent to an activating group) is 1. The van der Waals surface area contributed by atoms with Crippen LogP contribution in [0.4, 0.5) is 5.69 Å². The first-order valence-electron chi connectivity index (χ1n) is 7.07. The number of amides is 1. The summed E-state index contributed by atoms with van der Waals surface area (Å²) < 4.78 is 29.6. The molecule has 0 spiro atoms. The molecule has 0 aliphatic carbocycles. The van der Waals surface area contributed by atoms with Crippen LogP contribution in [-0.4, -0.2) is 43.1 Å². The number of esters is 1. The maximum absolute atomic E-state index is 12.4. The van der Waals surface area contributed by atoms with Crippen molar-refractivity contribution in [2.45, 2.75) is 37.0 Å². The number of benzene rings is 1. The molecule has 1 rings (SSSR count). The highest BCUT2D eigenvalue weighted by Gasteiger charge is 2.33. The van der Waals surface area contributed by atoms with E-state index in [4.69, 9.17) is 4.74 Å². The highest BCUT2D eigenvalue weighted by Crippen LogP contribution is 2.20. The van der Waals surface area contributed by atoms with Crippen LogP contribution in [0.5, 0.6) is 0 Å². The van der Waals surface area contributed by atoms with Gasteiger partial charge in [0.25, 0.3) is 11.6 Å². The Morgan fingerprint density at radius 3 is 2.25 bits per heavy atom. The van der Waals surface area contributed by atoms with Gasteiger partial charge in [-0.25, -0.2) is 8.42 Å².